The molecule has 5 nitrogen and oxygen atoms in total. The van der Waals surface area contributed by atoms with Gasteiger partial charge in [0, 0.05) is 25.1 Å². The molecule has 138 valence electrons. The zero-order chi connectivity index (χ0) is 19.2. The average molecular weight is 383 g/mol. The lowest BCUT2D eigenvalue weighted by Gasteiger charge is -2.19. The van der Waals surface area contributed by atoms with E-state index in [0.717, 1.165) is 0 Å². The van der Waals surface area contributed by atoms with Crippen LogP contribution in [0.4, 0.5) is 18.2 Å². The molecule has 1 aromatic heterocycles. The zero-order valence-electron chi connectivity index (χ0n) is 13.8. The number of nitriles is 1. The van der Waals surface area contributed by atoms with Crippen molar-refractivity contribution < 1.29 is 22.7 Å². The Hall–Kier alpha value is -2.57. The highest BCUT2D eigenvalue weighted by Crippen LogP contribution is 2.27. The Labute approximate surface area is 152 Å². The van der Waals surface area contributed by atoms with Gasteiger partial charge in [0.2, 0.25) is 5.91 Å². The Morgan fingerprint density at radius 2 is 2.08 bits per heavy atom. The van der Waals surface area contributed by atoms with Crippen molar-refractivity contribution in [2.24, 2.45) is 0 Å². The summed E-state index contributed by atoms with van der Waals surface area (Å²) in [5.41, 5.74) is 0.771. The van der Waals surface area contributed by atoms with Crippen molar-refractivity contribution in [2.75, 3.05) is 18.9 Å². The first kappa shape index (κ1) is 19.8. The number of hydrogen-bond donors (Lipinski definition) is 1. The molecule has 0 radical (unpaired) electrons. The Morgan fingerprint density at radius 1 is 1.35 bits per heavy atom. The fourth-order valence-electron chi connectivity index (χ4n) is 2.20. The molecule has 2 rings (SSSR count). The molecule has 0 unspecified atom stereocenters. The van der Waals surface area contributed by atoms with Crippen molar-refractivity contribution in [3.63, 3.8) is 0 Å². The van der Waals surface area contributed by atoms with Crippen LogP contribution in [0, 0.1) is 11.3 Å². The third-order valence-corrected chi connectivity index (χ3v) is 4.23. The van der Waals surface area contributed by atoms with Crippen molar-refractivity contribution in [1.29, 1.82) is 5.26 Å². The van der Waals surface area contributed by atoms with Gasteiger partial charge in [0.25, 0.3) is 0 Å². The average Bonchev–Trinajstić information content (AvgIpc) is 3.00. The molecule has 2 aromatic rings. The summed E-state index contributed by atoms with van der Waals surface area (Å²) in [6.07, 6.45) is -4.62. The van der Waals surface area contributed by atoms with Gasteiger partial charge in [-0.1, -0.05) is 18.2 Å². The minimum atomic E-state index is -4.76. The van der Waals surface area contributed by atoms with Crippen LogP contribution >= 0.6 is 11.3 Å². The number of rotatable bonds is 7. The number of nitrogens with zero attached hydrogens (tertiary/aromatic N) is 2. The number of carbonyl (C=O) groups is 1. The topological polar surface area (TPSA) is 65.4 Å². The van der Waals surface area contributed by atoms with Crippen LogP contribution in [0.25, 0.3) is 0 Å². The van der Waals surface area contributed by atoms with Gasteiger partial charge in [-0.25, -0.2) is 0 Å². The largest absolute Gasteiger partial charge is 0.573 e. The maximum atomic E-state index is 12.4. The lowest BCUT2D eigenvalue weighted by atomic mass is 10.2. The van der Waals surface area contributed by atoms with Crippen LogP contribution in [0.2, 0.25) is 0 Å². The number of nitrogens with one attached hydrogen (secondary N) is 1. The van der Waals surface area contributed by atoms with Crippen LogP contribution < -0.4 is 10.1 Å². The predicted octanol–water partition coefficient (Wildman–Crippen LogP) is 3.98. The number of halogens is 3. The number of para-hydroxylation sites is 1. The normalized spacial score (nSPS) is 11.2. The standard InChI is InChI=1S/C17H16F3N3O2S/c1-23(8-6-15(24)22-16-12(10-21)7-9-26-16)11-13-4-2-3-5-14(13)25-17(18,19)20/h2-5,7,9H,6,8,11H2,1H3,(H,22,24). The molecule has 1 amide bonds. The predicted molar refractivity (Wildman–Crippen MR) is 91.7 cm³/mol. The smallest absolute Gasteiger partial charge is 0.405 e. The van der Waals surface area contributed by atoms with Crippen LogP contribution in [0.1, 0.15) is 17.5 Å². The van der Waals surface area contributed by atoms with Crippen LogP contribution in [0.5, 0.6) is 5.75 Å². The summed E-state index contributed by atoms with van der Waals surface area (Å²) in [7, 11) is 1.70. The van der Waals surface area contributed by atoms with E-state index in [1.807, 2.05) is 6.07 Å². The second-order valence-electron chi connectivity index (χ2n) is 5.47. The van der Waals surface area contributed by atoms with Gasteiger partial charge in [-0.15, -0.1) is 24.5 Å². The van der Waals surface area contributed by atoms with Gasteiger partial charge < -0.3 is 15.0 Å². The van der Waals surface area contributed by atoms with Gasteiger partial charge in [0.1, 0.15) is 16.8 Å². The SMILES string of the molecule is CN(CCC(=O)Nc1sccc1C#N)Cc1ccccc1OC(F)(F)F. The van der Waals surface area contributed by atoms with Gasteiger partial charge in [0.15, 0.2) is 0 Å². The van der Waals surface area contributed by atoms with E-state index in [4.69, 9.17) is 5.26 Å². The van der Waals surface area contributed by atoms with E-state index in [1.54, 1.807) is 35.5 Å². The zero-order valence-corrected chi connectivity index (χ0v) is 14.7. The Morgan fingerprint density at radius 3 is 2.77 bits per heavy atom. The molecule has 0 aliphatic carbocycles. The molecule has 1 aromatic carbocycles. The van der Waals surface area contributed by atoms with E-state index in [2.05, 4.69) is 10.1 Å². The third kappa shape index (κ3) is 6.06. The fraction of sp³-hybridized carbons (Fsp3) is 0.294. The van der Waals surface area contributed by atoms with E-state index < -0.39 is 6.36 Å². The number of carbonyl (C=O) groups excluding carboxylic acids is 1. The molecular weight excluding hydrogens is 367 g/mol. The Kier molecular flexibility index (Phi) is 6.60. The molecule has 1 N–H and O–H groups in total. The van der Waals surface area contributed by atoms with E-state index >= 15 is 0 Å². The summed E-state index contributed by atoms with van der Waals surface area (Å²) in [6.45, 7) is 0.529. The van der Waals surface area contributed by atoms with Gasteiger partial charge in [0.05, 0.1) is 5.56 Å². The second kappa shape index (κ2) is 8.69. The summed E-state index contributed by atoms with van der Waals surface area (Å²) in [4.78, 5) is 13.7. The first-order valence-electron chi connectivity index (χ1n) is 7.58. The van der Waals surface area contributed by atoms with Crippen LogP contribution in [0.15, 0.2) is 35.7 Å². The van der Waals surface area contributed by atoms with E-state index in [9.17, 15) is 18.0 Å². The summed E-state index contributed by atoms with van der Waals surface area (Å²) in [5.74, 6) is -0.524. The molecule has 26 heavy (non-hydrogen) atoms. The summed E-state index contributed by atoms with van der Waals surface area (Å²) in [5, 5.41) is 13.8. The maximum Gasteiger partial charge on any atom is 0.573 e. The lowest BCUT2D eigenvalue weighted by Crippen LogP contribution is -2.25. The van der Waals surface area contributed by atoms with Gasteiger partial charge in [-0.2, -0.15) is 5.26 Å². The molecule has 0 saturated heterocycles. The molecule has 0 atom stereocenters. The molecule has 0 bridgehead atoms. The first-order valence-corrected chi connectivity index (χ1v) is 8.46. The lowest BCUT2D eigenvalue weighted by molar-refractivity contribution is -0.275. The highest BCUT2D eigenvalue weighted by Gasteiger charge is 2.32. The number of benzene rings is 1. The third-order valence-electron chi connectivity index (χ3n) is 3.40. The second-order valence-corrected chi connectivity index (χ2v) is 6.38. The number of hydrogen-bond acceptors (Lipinski definition) is 5. The summed E-state index contributed by atoms with van der Waals surface area (Å²) in [6, 6.07) is 9.48. The van der Waals surface area contributed by atoms with Crippen molar-refractivity contribution in [3.8, 4) is 11.8 Å². The molecule has 9 heteroatoms. The molecular formula is C17H16F3N3O2S. The monoisotopic (exact) mass is 383 g/mol. The van der Waals surface area contributed by atoms with Gasteiger partial charge in [-0.05, 0) is 24.6 Å². The molecule has 0 aliphatic heterocycles. The van der Waals surface area contributed by atoms with Gasteiger partial charge >= 0.3 is 6.36 Å². The van der Waals surface area contributed by atoms with Crippen molar-refractivity contribution in [3.05, 3.63) is 46.8 Å². The summed E-state index contributed by atoms with van der Waals surface area (Å²) >= 11 is 1.26. The molecule has 1 heterocycles. The number of alkyl halides is 3. The minimum Gasteiger partial charge on any atom is -0.405 e. The Balaban J connectivity index is 1.88. The summed E-state index contributed by atoms with van der Waals surface area (Å²) < 4.78 is 41.4. The number of anilines is 1. The van der Waals surface area contributed by atoms with E-state index in [0.29, 0.717) is 22.7 Å². The molecule has 0 fully saturated rings. The number of thiophene rings is 1. The first-order chi connectivity index (χ1) is 12.3. The number of ether oxygens (including phenoxy) is 1. The van der Waals surface area contributed by atoms with Gasteiger partial charge in [-0.3, -0.25) is 4.79 Å². The van der Waals surface area contributed by atoms with Crippen molar-refractivity contribution >= 4 is 22.2 Å². The van der Waals surface area contributed by atoms with E-state index in [-0.39, 0.29) is 24.6 Å². The highest BCUT2D eigenvalue weighted by molar-refractivity contribution is 7.14. The number of amides is 1. The van der Waals surface area contributed by atoms with E-state index in [1.165, 1.54) is 23.5 Å². The Bertz CT molecular complexity index is 799. The quantitative estimate of drug-likeness (QED) is 0.786. The van der Waals surface area contributed by atoms with Crippen LogP contribution in [-0.2, 0) is 11.3 Å². The maximum absolute atomic E-state index is 12.4. The molecule has 0 spiro atoms. The minimum absolute atomic E-state index is 0.140. The van der Waals surface area contributed by atoms with Crippen molar-refractivity contribution in [1.82, 2.24) is 4.90 Å². The van der Waals surface area contributed by atoms with Crippen LogP contribution in [-0.4, -0.2) is 30.8 Å². The van der Waals surface area contributed by atoms with Crippen molar-refractivity contribution in [2.45, 2.75) is 19.3 Å². The van der Waals surface area contributed by atoms with Crippen LogP contribution in [0.3, 0.4) is 0 Å². The fourth-order valence-corrected chi connectivity index (χ4v) is 2.96. The highest BCUT2D eigenvalue weighted by atomic mass is 32.1. The molecule has 0 saturated carbocycles. The molecule has 0 aliphatic rings.